The Labute approximate surface area is 750 Å². The van der Waals surface area contributed by atoms with Crippen molar-refractivity contribution in [3.8, 4) is 44.5 Å². The molecular weight excluding hydrogens is 1550 g/mol. The summed E-state index contributed by atoms with van der Waals surface area (Å²) in [6, 6.07) is 164. The van der Waals surface area contributed by atoms with Crippen LogP contribution in [0.3, 0.4) is 0 Å². The smallest absolute Gasteiger partial charge is 0.0731 e. The highest BCUT2D eigenvalue weighted by Gasteiger charge is 2.54. The maximum Gasteiger partial charge on any atom is 0.0731 e. The Balaban J connectivity index is 0.000000147. The van der Waals surface area contributed by atoms with Crippen LogP contribution in [0.4, 0.5) is 68.2 Å². The number of benzene rings is 20. The van der Waals surface area contributed by atoms with Crippen LogP contribution in [0, 0.1) is 0 Å². The van der Waals surface area contributed by atoms with Gasteiger partial charge >= 0.3 is 0 Å². The fourth-order valence-corrected chi connectivity index (χ4v) is 21.8. The molecule has 20 aromatic rings. The van der Waals surface area contributed by atoms with E-state index in [0.717, 1.165) is 81.1 Å². The molecule has 0 saturated heterocycles. The van der Waals surface area contributed by atoms with E-state index in [-0.39, 0.29) is 0 Å². The number of fused-ring (bicyclic) bond motifs is 26. The van der Waals surface area contributed by atoms with E-state index in [1.54, 1.807) is 0 Å². The van der Waals surface area contributed by atoms with Crippen LogP contribution in [0.1, 0.15) is 120 Å². The molecule has 0 atom stereocenters. The summed E-state index contributed by atoms with van der Waals surface area (Å²) in [7, 11) is 0. The quantitative estimate of drug-likeness (QED) is 0.0956. The molecule has 0 radical (unpaired) electrons. The lowest BCUT2D eigenvalue weighted by Gasteiger charge is -2.32. The van der Waals surface area contributed by atoms with Gasteiger partial charge in [-0.2, -0.15) is 0 Å². The van der Waals surface area contributed by atoms with Crippen molar-refractivity contribution in [2.45, 2.75) is 77.0 Å². The topological polar surface area (TPSA) is 13.0 Å². The van der Waals surface area contributed by atoms with Crippen LogP contribution in [0.15, 0.2) is 437 Å². The zero-order chi connectivity index (χ0) is 85.9. The number of anilines is 12. The Morgan fingerprint density at radius 1 is 0.188 bits per heavy atom. The highest BCUT2D eigenvalue weighted by Crippen LogP contribution is 2.67. The molecule has 20 aromatic carbocycles. The molecule has 4 aliphatic carbocycles. The number of hydrogen-bond donors (Lipinski definition) is 0. The van der Waals surface area contributed by atoms with Gasteiger partial charge in [-0.15, -0.1) is 0 Å². The monoisotopic (exact) mass is 1640 g/mol. The van der Waals surface area contributed by atoms with Crippen molar-refractivity contribution < 1.29 is 0 Å². The lowest BCUT2D eigenvalue weighted by Crippen LogP contribution is -2.26. The molecule has 0 fully saturated rings. The summed E-state index contributed by atoms with van der Waals surface area (Å²) in [6.45, 7) is 13.4. The van der Waals surface area contributed by atoms with E-state index >= 15 is 0 Å². The Hall–Kier alpha value is -15.4. The number of aryl methyl sites for hydroxylation is 2. The first kappa shape index (κ1) is 77.4. The molecule has 0 bridgehead atoms. The predicted molar refractivity (Wildman–Crippen MR) is 541 cm³/mol. The summed E-state index contributed by atoms with van der Waals surface area (Å²) >= 11 is 0. The highest BCUT2D eigenvalue weighted by atomic mass is 15.2. The Morgan fingerprint density at radius 2 is 0.438 bits per heavy atom. The van der Waals surface area contributed by atoms with E-state index in [2.05, 4.69) is 498 Å². The van der Waals surface area contributed by atoms with Gasteiger partial charge in [-0.05, 0) is 349 Å². The summed E-state index contributed by atoms with van der Waals surface area (Å²) in [6.07, 6.45) is 2.03. The molecule has 128 heavy (non-hydrogen) atoms. The summed E-state index contributed by atoms with van der Waals surface area (Å²) in [5.74, 6) is 0.936. The minimum Gasteiger partial charge on any atom is -0.310 e. The Morgan fingerprint density at radius 3 is 0.734 bits per heavy atom. The molecule has 0 aromatic heterocycles. The van der Waals surface area contributed by atoms with E-state index < -0.39 is 10.8 Å². The van der Waals surface area contributed by atoms with Gasteiger partial charge in [-0.1, -0.05) is 308 Å². The van der Waals surface area contributed by atoms with Gasteiger partial charge in [0.1, 0.15) is 0 Å². The van der Waals surface area contributed by atoms with E-state index in [9.17, 15) is 0 Å². The molecule has 2 spiro atoms. The molecule has 0 unspecified atom stereocenters. The van der Waals surface area contributed by atoms with Crippen molar-refractivity contribution in [3.05, 3.63) is 504 Å². The number of hydrogen-bond acceptors (Lipinski definition) is 4. The Bertz CT molecular complexity index is 7600. The first-order valence-electron chi connectivity index (χ1n) is 45.5. The van der Waals surface area contributed by atoms with Crippen molar-refractivity contribution >= 4 is 111 Å². The average molecular weight is 1640 g/mol. The number of para-hydroxylation sites is 4. The summed E-state index contributed by atoms with van der Waals surface area (Å²) in [5, 5.41) is 9.93. The van der Waals surface area contributed by atoms with Gasteiger partial charge < -0.3 is 19.6 Å². The average Bonchev–Trinajstić information content (AvgIpc) is 1.50. The third-order valence-corrected chi connectivity index (χ3v) is 27.9. The van der Waals surface area contributed by atoms with Crippen molar-refractivity contribution in [1.29, 1.82) is 0 Å². The van der Waals surface area contributed by atoms with Gasteiger partial charge in [0.05, 0.1) is 10.8 Å². The SMILES string of the molecule is CC(C)c1ccc(N(c2ccccc2)c2ccc3cc4c(cc3c2)C2(c3ccccc3-c3ccccc32)c2c-4ccc3cc(N(c4ccccc4)c4ccc(C(C)C)cc4)ccc23)cc1.CCc1ccc(N(c2ccccc2)c2ccc3cc4c(cc3c2)C2(c3ccccc3-c3ccccc32)c2c-4ccc3cc(N(c4ccccc4)c4ccc(CC)cc4)ccc23)cc1. The normalized spacial score (nSPS) is 12.9. The minimum absolute atomic E-state index is 0.468. The zero-order valence-corrected chi connectivity index (χ0v) is 72.9. The molecule has 0 heterocycles. The molecular formula is C124H96N4. The standard InChI is InChI=1S/C63H50N2.C61H46N2/c1-41(2)43-23-29-50(30-24-43)64(48-15-7-5-8-16-48)52-33-27-45-39-58-57-35-28-46-37-53(65(49-17-9-6-10-18-49)51-31-25-44(26-32-51)42(3)4)34-36-54(46)62(57)63(61(58)40-47(45)38-52)59-21-13-11-19-55(59)56-20-12-14-22-60(56)63;1-3-41-23-29-48(30-24-41)62(46-15-7-5-8-16-46)50-33-27-43-39-56-55-35-28-44-37-51(63(47-17-9-6-10-18-47)49-31-25-42(4-2)26-32-49)34-36-52(44)60(55)61(59(56)40-45(43)38-50)57-21-13-11-19-53(57)54-20-12-14-22-58(54)61/h5-42H,1-4H3;5-40H,3-4H2,1-2H3. The van der Waals surface area contributed by atoms with Gasteiger partial charge in [0.15, 0.2) is 0 Å². The zero-order valence-electron chi connectivity index (χ0n) is 72.9. The van der Waals surface area contributed by atoms with Crippen LogP contribution in [-0.2, 0) is 23.7 Å². The van der Waals surface area contributed by atoms with Gasteiger partial charge in [-0.25, -0.2) is 0 Å². The van der Waals surface area contributed by atoms with Gasteiger partial charge in [0.2, 0.25) is 0 Å². The van der Waals surface area contributed by atoms with Crippen LogP contribution >= 0.6 is 0 Å². The molecule has 4 heteroatoms. The fraction of sp³-hybridized carbons (Fsp3) is 0.0968. The van der Waals surface area contributed by atoms with Crippen LogP contribution in [0.25, 0.3) is 87.6 Å². The second kappa shape index (κ2) is 31.4. The second-order valence-electron chi connectivity index (χ2n) is 35.5. The van der Waals surface area contributed by atoms with E-state index in [0.29, 0.717) is 11.8 Å². The molecule has 4 aliphatic rings. The number of nitrogens with zero attached hydrogens (tertiary/aromatic N) is 4. The predicted octanol–water partition coefficient (Wildman–Crippen LogP) is 33.9. The van der Waals surface area contributed by atoms with Gasteiger partial charge in [-0.3, -0.25) is 0 Å². The maximum atomic E-state index is 2.52. The second-order valence-corrected chi connectivity index (χ2v) is 35.5. The molecule has 0 saturated carbocycles. The first-order chi connectivity index (χ1) is 63.0. The van der Waals surface area contributed by atoms with Gasteiger partial charge in [0, 0.05) is 68.2 Å². The maximum absolute atomic E-state index is 2.52. The Kier molecular flexibility index (Phi) is 19.0. The largest absolute Gasteiger partial charge is 0.310 e. The summed E-state index contributed by atoms with van der Waals surface area (Å²) < 4.78 is 0. The van der Waals surface area contributed by atoms with E-state index in [4.69, 9.17) is 0 Å². The van der Waals surface area contributed by atoms with Crippen LogP contribution < -0.4 is 19.6 Å². The molecule has 612 valence electrons. The lowest BCUT2D eigenvalue weighted by atomic mass is 9.69. The molecule has 24 rings (SSSR count). The van der Waals surface area contributed by atoms with Crippen molar-refractivity contribution in [1.82, 2.24) is 0 Å². The van der Waals surface area contributed by atoms with Gasteiger partial charge in [0.25, 0.3) is 0 Å². The lowest BCUT2D eigenvalue weighted by molar-refractivity contribution is 0.802. The van der Waals surface area contributed by atoms with Crippen molar-refractivity contribution in [2.75, 3.05) is 19.6 Å². The molecule has 0 aliphatic heterocycles. The molecule has 0 N–H and O–H groups in total. The van der Waals surface area contributed by atoms with Crippen LogP contribution in [0.5, 0.6) is 0 Å². The summed E-state index contributed by atoms with van der Waals surface area (Å²) in [5.41, 5.74) is 39.3. The fourth-order valence-electron chi connectivity index (χ4n) is 21.8. The third kappa shape index (κ3) is 12.5. The highest BCUT2D eigenvalue weighted by molar-refractivity contribution is 6.10. The van der Waals surface area contributed by atoms with E-state index in [1.165, 1.54) is 154 Å². The minimum atomic E-state index is -0.513. The molecule has 4 nitrogen and oxygen atoms in total. The van der Waals surface area contributed by atoms with E-state index in [1.807, 2.05) is 0 Å². The van der Waals surface area contributed by atoms with Crippen LogP contribution in [-0.4, -0.2) is 0 Å². The molecule has 0 amide bonds. The van der Waals surface area contributed by atoms with Crippen molar-refractivity contribution in [3.63, 3.8) is 0 Å². The van der Waals surface area contributed by atoms with Crippen molar-refractivity contribution in [2.24, 2.45) is 0 Å². The summed E-state index contributed by atoms with van der Waals surface area (Å²) in [4.78, 5) is 9.56. The number of rotatable bonds is 16. The van der Waals surface area contributed by atoms with Crippen LogP contribution in [0.2, 0.25) is 0 Å². The first-order valence-corrected chi connectivity index (χ1v) is 45.5. The third-order valence-electron chi connectivity index (χ3n) is 27.9.